The van der Waals surface area contributed by atoms with Gasteiger partial charge in [0.15, 0.2) is 26.2 Å². The van der Waals surface area contributed by atoms with Gasteiger partial charge in [0.1, 0.15) is 29.7 Å². The Bertz CT molecular complexity index is 3590. The minimum Gasteiger partial charge on any atom is -0.489 e. The van der Waals surface area contributed by atoms with Crippen molar-refractivity contribution >= 4 is 120 Å². The molecule has 4 heterocycles. The number of para-hydroxylation sites is 3. The average Bonchev–Trinajstić information content (AvgIpc) is 2.59. The molecule has 4 aromatic carbocycles. The van der Waals surface area contributed by atoms with E-state index in [0.29, 0.717) is 59.6 Å². The Kier molecular flexibility index (Phi) is 24.1. The molecular weight excluding hydrogens is 1250 g/mol. The van der Waals surface area contributed by atoms with Crippen LogP contribution in [0.3, 0.4) is 0 Å². The second-order valence-corrected chi connectivity index (χ2v) is 25.0. The number of thioether (sulfide) groups is 1. The Morgan fingerprint density at radius 1 is 0.988 bits per heavy atom. The number of methoxy groups -OCH3 is 2. The number of hydrogen-bond donors (Lipinski definition) is 0. The zero-order valence-corrected chi connectivity index (χ0v) is 52.0. The molecule has 454 valence electrons. The van der Waals surface area contributed by atoms with Gasteiger partial charge in [-0.05, 0) is 118 Å². The first-order chi connectivity index (χ1) is 39.7. The van der Waals surface area contributed by atoms with Crippen LogP contribution in [-0.2, 0) is 59.4 Å². The molecule has 0 saturated heterocycles. The second kappa shape index (κ2) is 30.1. The molecule has 2 atom stereocenters. The molecule has 1 aliphatic carbocycles. The zero-order chi connectivity index (χ0) is 61.8. The van der Waals surface area contributed by atoms with Gasteiger partial charge in [0, 0.05) is 42.8 Å². The minimum atomic E-state index is -4.71. The summed E-state index contributed by atoms with van der Waals surface area (Å²) in [5, 5.41) is 3.75. The van der Waals surface area contributed by atoms with Crippen LogP contribution in [0.15, 0.2) is 103 Å². The molecule has 2 aliphatic heterocycles. The maximum Gasteiger partial charge on any atom is 0.416 e. The molecule has 2 unspecified atom stereocenters. The Hall–Kier alpha value is -5.73. The van der Waals surface area contributed by atoms with Gasteiger partial charge in [-0.1, -0.05) is 77.2 Å². The van der Waals surface area contributed by atoms with Gasteiger partial charge < -0.3 is 28.5 Å². The molecule has 0 radical (unpaired) electrons. The quantitative estimate of drug-likeness (QED) is 0.0309. The number of amides is 2. The highest BCUT2D eigenvalue weighted by molar-refractivity contribution is 8.00. The summed E-state index contributed by atoms with van der Waals surface area (Å²) in [5.74, 6) is -0.988. The Morgan fingerprint density at radius 2 is 1.68 bits per heavy atom. The van der Waals surface area contributed by atoms with Gasteiger partial charge in [-0.15, -0.1) is 23.4 Å². The van der Waals surface area contributed by atoms with Crippen LogP contribution >= 0.6 is 69.5 Å². The highest BCUT2D eigenvalue weighted by Gasteiger charge is 2.37. The van der Waals surface area contributed by atoms with E-state index in [2.05, 4.69) is 27.9 Å². The normalized spacial score (nSPS) is 15.2. The Balaban J connectivity index is 0.000000182. The lowest BCUT2D eigenvalue weighted by Gasteiger charge is -2.35. The third-order valence-corrected chi connectivity index (χ3v) is 17.1. The van der Waals surface area contributed by atoms with Crippen LogP contribution < -0.4 is 24.2 Å². The lowest BCUT2D eigenvalue weighted by atomic mass is 10.0. The van der Waals surface area contributed by atoms with Crippen LogP contribution in [0.5, 0.6) is 5.75 Å². The molecule has 84 heavy (non-hydrogen) atoms. The first-order valence-corrected chi connectivity index (χ1v) is 31.5. The largest absolute Gasteiger partial charge is 0.489 e. The molecule has 3 aliphatic rings. The molecule has 1 saturated carbocycles. The van der Waals surface area contributed by atoms with Crippen LogP contribution in [0.25, 0.3) is 0 Å². The summed E-state index contributed by atoms with van der Waals surface area (Å²) in [6, 6.07) is 18.0. The molecule has 28 heteroatoms. The number of benzene rings is 4. The molecule has 9 rings (SSSR count). The highest BCUT2D eigenvalue weighted by atomic mass is 35.5. The van der Waals surface area contributed by atoms with E-state index in [1.165, 1.54) is 19.4 Å². The number of esters is 1. The number of hydrogen-bond acceptors (Lipinski definition) is 15. The van der Waals surface area contributed by atoms with E-state index >= 15 is 0 Å². The summed E-state index contributed by atoms with van der Waals surface area (Å²) in [7, 11) is -1.11. The molecule has 1 fully saturated rings. The third-order valence-electron chi connectivity index (χ3n) is 13.1. The number of halogens is 8. The number of aromatic nitrogens is 3. The first-order valence-electron chi connectivity index (χ1n) is 26.0. The number of rotatable bonds is 15. The number of sulfone groups is 1. The second-order valence-electron chi connectivity index (χ2n) is 19.3. The van der Waals surface area contributed by atoms with Crippen molar-refractivity contribution in [2.75, 3.05) is 55.1 Å². The maximum absolute atomic E-state index is 14.3. The number of carbonyl (C=O) groups is 4. The van der Waals surface area contributed by atoms with E-state index in [1.54, 1.807) is 26.3 Å². The summed E-state index contributed by atoms with van der Waals surface area (Å²) in [6.45, 7) is 10.2. The molecule has 2 amide bonds. The van der Waals surface area contributed by atoms with E-state index in [1.807, 2.05) is 57.2 Å². The third kappa shape index (κ3) is 17.0. The van der Waals surface area contributed by atoms with E-state index in [4.69, 9.17) is 60.4 Å². The number of ketones is 1. The van der Waals surface area contributed by atoms with Crippen molar-refractivity contribution in [2.24, 2.45) is 4.99 Å². The molecule has 17 nitrogen and oxygen atoms in total. The molecule has 0 spiro atoms. The van der Waals surface area contributed by atoms with Gasteiger partial charge in [0.25, 0.3) is 5.91 Å². The Labute approximate surface area is 510 Å². The number of nitrogens with zero attached hydrogens (tertiary/aromatic N) is 6. The number of aryl methyl sites for hydroxylation is 2. The minimum absolute atomic E-state index is 0.0223. The van der Waals surface area contributed by atoms with Crippen LogP contribution in [-0.4, -0.2) is 109 Å². The number of anilines is 2. The lowest BCUT2D eigenvalue weighted by Crippen LogP contribution is -2.47. The average molecular weight is 1310 g/mol. The van der Waals surface area contributed by atoms with Gasteiger partial charge in [-0.25, -0.2) is 22.5 Å². The van der Waals surface area contributed by atoms with Crippen molar-refractivity contribution in [3.63, 3.8) is 0 Å². The molecular formula is C56H60Cl4F4N6O11S3. The van der Waals surface area contributed by atoms with Gasteiger partial charge in [-0.2, -0.15) is 13.2 Å². The fourth-order valence-corrected chi connectivity index (χ4v) is 12.1. The van der Waals surface area contributed by atoms with E-state index in [-0.39, 0.29) is 68.2 Å². The summed E-state index contributed by atoms with van der Waals surface area (Å²) in [6.07, 6.45) is 1.63. The molecule has 2 aromatic heterocycles. The fraction of sp³-hybridized carbons (Fsp3) is 0.411. The Morgan fingerprint density at radius 3 is 2.30 bits per heavy atom. The van der Waals surface area contributed by atoms with Crippen LogP contribution in [0.2, 0.25) is 5.02 Å². The fourth-order valence-electron chi connectivity index (χ4n) is 8.89. The first kappa shape index (κ1) is 67.4. The highest BCUT2D eigenvalue weighted by Crippen LogP contribution is 2.43. The monoisotopic (exact) mass is 1300 g/mol. The van der Waals surface area contributed by atoms with E-state index < -0.39 is 48.9 Å². The van der Waals surface area contributed by atoms with Gasteiger partial charge in [0.05, 0.1) is 70.2 Å². The number of ether oxygens (including phenoxy) is 3. The predicted octanol–water partition coefficient (Wildman–Crippen LogP) is 11.8. The van der Waals surface area contributed by atoms with Crippen molar-refractivity contribution in [1.29, 1.82) is 0 Å². The van der Waals surface area contributed by atoms with Crippen LogP contribution in [0.4, 0.5) is 34.6 Å². The van der Waals surface area contributed by atoms with Crippen molar-refractivity contribution in [3.05, 3.63) is 138 Å². The van der Waals surface area contributed by atoms with Crippen molar-refractivity contribution < 1.29 is 63.9 Å². The van der Waals surface area contributed by atoms with E-state index in [0.717, 1.165) is 96.1 Å². The SMILES string of the molecule is CC1COc2ccccc2N1C(=O)C(Cl)Cl.CCc1cccc(C)c1N(C(=O)CCl)C(C)COC.COC(=O)CSc1cc(N=c2sc(=O)n3n2CCCC3)c(F)cc1Cl.CS(=O)(=O)c1cc(C(F)(F)F)ccc1C(=O)c1cnoc1C1CC1. The number of fused-ring (bicyclic) bond motifs is 2. The summed E-state index contributed by atoms with van der Waals surface area (Å²) in [4.78, 5) is 66.9. The lowest BCUT2D eigenvalue weighted by molar-refractivity contribution is -0.138. The number of alkyl halides is 6. The van der Waals surface area contributed by atoms with Crippen LogP contribution in [0.1, 0.15) is 90.7 Å². The van der Waals surface area contributed by atoms with Gasteiger partial charge in [0.2, 0.25) is 10.7 Å². The predicted molar refractivity (Wildman–Crippen MR) is 316 cm³/mol. The van der Waals surface area contributed by atoms with Crippen molar-refractivity contribution in [2.45, 2.75) is 112 Å². The van der Waals surface area contributed by atoms with Gasteiger partial charge in [-0.3, -0.25) is 28.7 Å². The van der Waals surface area contributed by atoms with Crippen LogP contribution in [0, 0.1) is 12.7 Å². The number of carbonyl (C=O) groups excluding carboxylic acids is 4. The smallest absolute Gasteiger partial charge is 0.416 e. The van der Waals surface area contributed by atoms with Crippen molar-refractivity contribution in [3.8, 4) is 5.75 Å². The molecule has 6 aromatic rings. The van der Waals surface area contributed by atoms with Crippen molar-refractivity contribution in [1.82, 2.24) is 14.5 Å². The molecule has 0 bridgehead atoms. The topological polar surface area (TPSA) is 202 Å². The standard InChI is InChI=1S/C15H15ClFN3O3S2.C15H22ClNO2.C15H12F3NO4S.C11H11Cl2NO2/c1-23-13(21)8-24-12-7-11(10(17)6-9(12)16)18-14-19-4-2-3-5-20(19)15(22)25-14;1-5-13-8-6-7-11(2)15(13)17(14(18)9-16)12(3)10-19-4;1-24(21,22)12-6-9(15(16,17)18)4-5-10(12)13(20)11-7-19-23-14(11)8-2-3-8;1-7-6-16-9-5-3-2-4-8(9)14(7)11(15)10(12)13/h6-7H,2-5,8H2,1H3;6-8,12H,5,9-10H2,1-4H3;4-8H,2-3H2,1H3;2-5,7,10H,6H2,1H3. The maximum atomic E-state index is 14.3. The zero-order valence-electron chi connectivity index (χ0n) is 46.5. The summed E-state index contributed by atoms with van der Waals surface area (Å²) >= 11 is 25.2. The molecule has 0 N–H and O–H groups in total. The summed E-state index contributed by atoms with van der Waals surface area (Å²) in [5.41, 5.74) is 2.64. The van der Waals surface area contributed by atoms with Gasteiger partial charge >= 0.3 is 17.0 Å². The van der Waals surface area contributed by atoms with E-state index in [9.17, 15) is 50.0 Å². The summed E-state index contributed by atoms with van der Waals surface area (Å²) < 4.78 is 100.